The number of methoxy groups -OCH3 is 1. The summed E-state index contributed by atoms with van der Waals surface area (Å²) >= 11 is 6.34. The van der Waals surface area contributed by atoms with Crippen LogP contribution in [0.3, 0.4) is 0 Å². The molecule has 1 N–H and O–H groups in total. The number of aryl methyl sites for hydroxylation is 2. The molecule has 6 nitrogen and oxygen atoms in total. The van der Waals surface area contributed by atoms with Gasteiger partial charge < -0.3 is 14.6 Å². The minimum Gasteiger partial charge on any atom is -0.497 e. The molecule has 2 aromatic heterocycles. The van der Waals surface area contributed by atoms with Gasteiger partial charge in [0.1, 0.15) is 5.75 Å². The van der Waals surface area contributed by atoms with Crippen molar-refractivity contribution in [2.75, 3.05) is 12.4 Å². The lowest BCUT2D eigenvalue weighted by molar-refractivity contribution is 0.415. The van der Waals surface area contributed by atoms with E-state index in [4.69, 9.17) is 16.3 Å². The van der Waals surface area contributed by atoms with Crippen molar-refractivity contribution in [3.8, 4) is 16.9 Å². The summed E-state index contributed by atoms with van der Waals surface area (Å²) in [5.41, 5.74) is 3.69. The van der Waals surface area contributed by atoms with Gasteiger partial charge >= 0.3 is 0 Å². The van der Waals surface area contributed by atoms with Gasteiger partial charge in [-0.3, -0.25) is 0 Å². The number of imidazole rings is 1. The smallest absolute Gasteiger partial charge is 0.223 e. The van der Waals surface area contributed by atoms with E-state index in [1.165, 1.54) is 0 Å². The third-order valence-electron chi connectivity index (χ3n) is 3.79. The van der Waals surface area contributed by atoms with Crippen LogP contribution in [0.5, 0.6) is 5.75 Å². The first-order valence-electron chi connectivity index (χ1n) is 7.45. The van der Waals surface area contributed by atoms with Gasteiger partial charge in [0, 0.05) is 30.6 Å². The fraction of sp³-hybridized carbons (Fsp3) is 0.235. The number of aromatic nitrogens is 4. The Morgan fingerprint density at radius 2 is 2.08 bits per heavy atom. The normalized spacial score (nSPS) is 10.7. The van der Waals surface area contributed by atoms with Crippen LogP contribution in [0, 0.1) is 6.92 Å². The van der Waals surface area contributed by atoms with Crippen molar-refractivity contribution in [2.24, 2.45) is 7.05 Å². The average molecular weight is 344 g/mol. The van der Waals surface area contributed by atoms with Crippen molar-refractivity contribution >= 4 is 17.5 Å². The first kappa shape index (κ1) is 16.3. The number of ether oxygens (including phenoxy) is 1. The highest BCUT2D eigenvalue weighted by atomic mass is 35.5. The number of benzene rings is 1. The lowest BCUT2D eigenvalue weighted by atomic mass is 10.1. The van der Waals surface area contributed by atoms with Gasteiger partial charge in [-0.05, 0) is 25.1 Å². The second kappa shape index (κ2) is 6.88. The van der Waals surface area contributed by atoms with Crippen LogP contribution < -0.4 is 10.1 Å². The Labute approximate surface area is 145 Å². The van der Waals surface area contributed by atoms with Gasteiger partial charge in [0.2, 0.25) is 5.95 Å². The molecule has 0 atom stereocenters. The van der Waals surface area contributed by atoms with Crippen LogP contribution in [0.4, 0.5) is 5.95 Å². The van der Waals surface area contributed by atoms with E-state index in [-0.39, 0.29) is 0 Å². The monoisotopic (exact) mass is 343 g/mol. The summed E-state index contributed by atoms with van der Waals surface area (Å²) < 4.78 is 7.13. The van der Waals surface area contributed by atoms with Crippen molar-refractivity contribution in [2.45, 2.75) is 13.5 Å². The molecule has 0 radical (unpaired) electrons. The summed E-state index contributed by atoms with van der Waals surface area (Å²) in [7, 11) is 3.56. The first-order valence-corrected chi connectivity index (χ1v) is 7.83. The van der Waals surface area contributed by atoms with Crippen molar-refractivity contribution in [3.05, 3.63) is 53.3 Å². The van der Waals surface area contributed by atoms with Crippen LogP contribution in [0.2, 0.25) is 5.02 Å². The molecule has 3 rings (SSSR count). The van der Waals surface area contributed by atoms with Crippen LogP contribution in [0.1, 0.15) is 11.4 Å². The minimum atomic E-state index is 0.571. The maximum atomic E-state index is 6.34. The van der Waals surface area contributed by atoms with Gasteiger partial charge in [-0.2, -0.15) is 0 Å². The Morgan fingerprint density at radius 1 is 1.25 bits per heavy atom. The van der Waals surface area contributed by atoms with Crippen molar-refractivity contribution in [1.29, 1.82) is 0 Å². The lowest BCUT2D eigenvalue weighted by Gasteiger charge is -2.11. The van der Waals surface area contributed by atoms with Gasteiger partial charge in [-0.25, -0.2) is 15.0 Å². The van der Waals surface area contributed by atoms with E-state index < -0.39 is 0 Å². The molecule has 0 aliphatic carbocycles. The van der Waals surface area contributed by atoms with Crippen LogP contribution in [-0.4, -0.2) is 26.6 Å². The van der Waals surface area contributed by atoms with Crippen LogP contribution in [0.15, 0.2) is 36.9 Å². The standard InChI is InChI=1S/C17H18ClN5O/c1-11-15(14-5-4-13(24-3)6-16(14)18)9-21-17(22-11)20-8-12-7-19-10-23(12)2/h4-7,9-10H,8H2,1-3H3,(H,20,21,22). The molecular weight excluding hydrogens is 326 g/mol. The van der Waals surface area contributed by atoms with Gasteiger partial charge in [-0.1, -0.05) is 11.6 Å². The molecule has 0 unspecified atom stereocenters. The number of nitrogens with zero attached hydrogens (tertiary/aromatic N) is 4. The molecule has 0 saturated carbocycles. The van der Waals surface area contributed by atoms with E-state index in [1.807, 2.05) is 36.9 Å². The molecule has 0 fully saturated rings. The Bertz CT molecular complexity index is 862. The molecule has 2 heterocycles. The zero-order valence-corrected chi connectivity index (χ0v) is 14.5. The number of hydrogen-bond donors (Lipinski definition) is 1. The second-order valence-electron chi connectivity index (χ2n) is 5.39. The van der Waals surface area contributed by atoms with E-state index in [0.717, 1.165) is 28.3 Å². The molecule has 3 aromatic rings. The van der Waals surface area contributed by atoms with Crippen LogP contribution in [-0.2, 0) is 13.6 Å². The zero-order chi connectivity index (χ0) is 17.1. The van der Waals surface area contributed by atoms with E-state index in [9.17, 15) is 0 Å². The van der Waals surface area contributed by atoms with Gasteiger partial charge in [0.05, 0.1) is 36.4 Å². The largest absolute Gasteiger partial charge is 0.497 e. The fourth-order valence-corrected chi connectivity index (χ4v) is 2.65. The quantitative estimate of drug-likeness (QED) is 0.768. The number of anilines is 1. The molecule has 0 saturated heterocycles. The average Bonchev–Trinajstić information content (AvgIpc) is 2.98. The maximum absolute atomic E-state index is 6.34. The van der Waals surface area contributed by atoms with Gasteiger partial charge in [0.15, 0.2) is 0 Å². The molecule has 0 amide bonds. The Hall–Kier alpha value is -2.60. The van der Waals surface area contributed by atoms with Crippen molar-refractivity contribution < 1.29 is 4.74 Å². The minimum absolute atomic E-state index is 0.571. The summed E-state index contributed by atoms with van der Waals surface area (Å²) in [6.07, 6.45) is 5.35. The van der Waals surface area contributed by atoms with E-state index >= 15 is 0 Å². The van der Waals surface area contributed by atoms with Crippen molar-refractivity contribution in [3.63, 3.8) is 0 Å². The number of hydrogen-bond acceptors (Lipinski definition) is 5. The van der Waals surface area contributed by atoms with Crippen molar-refractivity contribution in [1.82, 2.24) is 19.5 Å². The van der Waals surface area contributed by atoms with Gasteiger partial charge in [-0.15, -0.1) is 0 Å². The van der Waals surface area contributed by atoms with Gasteiger partial charge in [0.25, 0.3) is 0 Å². The SMILES string of the molecule is COc1ccc(-c2cnc(NCc3cncn3C)nc2C)c(Cl)c1. The third kappa shape index (κ3) is 3.33. The summed E-state index contributed by atoms with van der Waals surface area (Å²) in [4.78, 5) is 13.0. The molecule has 24 heavy (non-hydrogen) atoms. The Balaban J connectivity index is 1.81. The number of nitrogens with one attached hydrogen (secondary N) is 1. The molecule has 124 valence electrons. The fourth-order valence-electron chi connectivity index (χ4n) is 2.38. The summed E-state index contributed by atoms with van der Waals surface area (Å²) in [6.45, 7) is 2.55. The molecule has 7 heteroatoms. The highest BCUT2D eigenvalue weighted by molar-refractivity contribution is 6.33. The molecule has 0 aliphatic rings. The van der Waals surface area contributed by atoms with Crippen LogP contribution in [0.25, 0.3) is 11.1 Å². The Morgan fingerprint density at radius 3 is 2.71 bits per heavy atom. The van der Waals surface area contributed by atoms with E-state index in [1.54, 1.807) is 25.7 Å². The molecule has 1 aromatic carbocycles. The number of rotatable bonds is 5. The lowest BCUT2D eigenvalue weighted by Crippen LogP contribution is -2.07. The van der Waals surface area contributed by atoms with E-state index in [0.29, 0.717) is 17.5 Å². The Kier molecular flexibility index (Phi) is 4.66. The second-order valence-corrected chi connectivity index (χ2v) is 5.80. The summed E-state index contributed by atoms with van der Waals surface area (Å²) in [5, 5.41) is 3.81. The highest BCUT2D eigenvalue weighted by Gasteiger charge is 2.10. The molecule has 0 aliphatic heterocycles. The maximum Gasteiger partial charge on any atom is 0.223 e. The molecule has 0 spiro atoms. The first-order chi connectivity index (χ1) is 11.6. The molecule has 0 bridgehead atoms. The van der Waals surface area contributed by atoms with E-state index in [2.05, 4.69) is 20.3 Å². The number of halogens is 1. The summed E-state index contributed by atoms with van der Waals surface area (Å²) in [5.74, 6) is 1.29. The third-order valence-corrected chi connectivity index (χ3v) is 4.10. The zero-order valence-electron chi connectivity index (χ0n) is 13.7. The molecular formula is C17H18ClN5O. The topological polar surface area (TPSA) is 64.9 Å². The van der Waals surface area contributed by atoms with Crippen LogP contribution >= 0.6 is 11.6 Å². The predicted octanol–water partition coefficient (Wildman–Crippen LogP) is 3.46. The summed E-state index contributed by atoms with van der Waals surface area (Å²) in [6, 6.07) is 5.57. The highest BCUT2D eigenvalue weighted by Crippen LogP contribution is 2.32. The predicted molar refractivity (Wildman–Crippen MR) is 94.3 cm³/mol.